The van der Waals surface area contributed by atoms with Crippen molar-refractivity contribution < 1.29 is 4.79 Å². The second-order valence-electron chi connectivity index (χ2n) is 6.17. The zero-order valence-electron chi connectivity index (χ0n) is 13.5. The topological polar surface area (TPSA) is 66.0 Å². The number of hydrogen-bond donors (Lipinski definition) is 3. The van der Waals surface area contributed by atoms with Gasteiger partial charge in [-0.05, 0) is 42.5 Å². The summed E-state index contributed by atoms with van der Waals surface area (Å²) >= 11 is 0. The second-order valence-corrected chi connectivity index (χ2v) is 6.17. The summed E-state index contributed by atoms with van der Waals surface area (Å²) in [5, 5.41) is 9.01. The maximum absolute atomic E-state index is 11.7. The van der Waals surface area contributed by atoms with Crippen LogP contribution in [0, 0.1) is 0 Å². The number of urea groups is 1. The van der Waals surface area contributed by atoms with Crippen LogP contribution in [0.1, 0.15) is 38.2 Å². The first kappa shape index (κ1) is 15.3. The van der Waals surface area contributed by atoms with Gasteiger partial charge in [-0.2, -0.15) is 0 Å². The molecule has 1 saturated carbocycles. The fraction of sp³-hybridized carbons (Fsp3) is 0.333. The first-order valence-corrected chi connectivity index (χ1v) is 8.01. The summed E-state index contributed by atoms with van der Waals surface area (Å²) in [6, 6.07) is 12.1. The van der Waals surface area contributed by atoms with Crippen molar-refractivity contribution in [3.05, 3.63) is 48.2 Å². The van der Waals surface area contributed by atoms with E-state index in [1.165, 1.54) is 5.56 Å². The van der Waals surface area contributed by atoms with Crippen molar-refractivity contribution in [2.45, 2.75) is 38.6 Å². The SMILES string of the molecule is CC(C)c1ccccc1Nc1ccc(NC(=O)NC2CC2)cn1. The van der Waals surface area contributed by atoms with E-state index in [0.717, 1.165) is 24.3 Å². The van der Waals surface area contributed by atoms with Gasteiger partial charge in [0.15, 0.2) is 0 Å². The molecule has 120 valence electrons. The molecule has 0 radical (unpaired) electrons. The Morgan fingerprint density at radius 3 is 2.61 bits per heavy atom. The molecule has 5 heteroatoms. The van der Waals surface area contributed by atoms with E-state index in [-0.39, 0.29) is 6.03 Å². The average molecular weight is 310 g/mol. The number of carbonyl (C=O) groups excluding carboxylic acids is 1. The van der Waals surface area contributed by atoms with Gasteiger partial charge in [-0.15, -0.1) is 0 Å². The van der Waals surface area contributed by atoms with Gasteiger partial charge in [-0.25, -0.2) is 9.78 Å². The van der Waals surface area contributed by atoms with Crippen molar-refractivity contribution in [2.24, 2.45) is 0 Å². The van der Waals surface area contributed by atoms with E-state index in [0.29, 0.717) is 17.6 Å². The Bertz CT molecular complexity index is 678. The van der Waals surface area contributed by atoms with Crippen molar-refractivity contribution in [3.8, 4) is 0 Å². The lowest BCUT2D eigenvalue weighted by molar-refractivity contribution is 0.251. The number of amides is 2. The Hall–Kier alpha value is -2.56. The van der Waals surface area contributed by atoms with Gasteiger partial charge >= 0.3 is 6.03 Å². The second kappa shape index (κ2) is 6.69. The minimum Gasteiger partial charge on any atom is -0.340 e. The van der Waals surface area contributed by atoms with E-state index in [9.17, 15) is 4.79 Å². The number of nitrogens with zero attached hydrogens (tertiary/aromatic N) is 1. The van der Waals surface area contributed by atoms with Crippen molar-refractivity contribution in [2.75, 3.05) is 10.6 Å². The summed E-state index contributed by atoms with van der Waals surface area (Å²) in [6.07, 6.45) is 3.81. The zero-order chi connectivity index (χ0) is 16.2. The van der Waals surface area contributed by atoms with Gasteiger partial charge in [0.1, 0.15) is 5.82 Å². The van der Waals surface area contributed by atoms with Gasteiger partial charge in [-0.3, -0.25) is 0 Å². The third-order valence-electron chi connectivity index (χ3n) is 3.78. The molecular formula is C18H22N4O. The van der Waals surface area contributed by atoms with E-state index >= 15 is 0 Å². The molecule has 1 aromatic carbocycles. The molecule has 0 atom stereocenters. The Labute approximate surface area is 136 Å². The van der Waals surface area contributed by atoms with Crippen molar-refractivity contribution >= 4 is 23.2 Å². The third kappa shape index (κ3) is 4.22. The minimum absolute atomic E-state index is 0.167. The van der Waals surface area contributed by atoms with Crippen LogP contribution < -0.4 is 16.0 Å². The molecule has 1 aromatic heterocycles. The number of anilines is 3. The van der Waals surface area contributed by atoms with E-state index in [4.69, 9.17) is 0 Å². The van der Waals surface area contributed by atoms with Crippen LogP contribution in [0.15, 0.2) is 42.6 Å². The summed E-state index contributed by atoms with van der Waals surface area (Å²) in [6.45, 7) is 4.33. The number of carbonyl (C=O) groups is 1. The van der Waals surface area contributed by atoms with Crippen LogP contribution in [0.25, 0.3) is 0 Å². The maximum Gasteiger partial charge on any atom is 0.319 e. The molecule has 1 heterocycles. The summed E-state index contributed by atoms with van der Waals surface area (Å²) in [5.41, 5.74) is 2.99. The van der Waals surface area contributed by atoms with Crippen molar-refractivity contribution in [1.29, 1.82) is 0 Å². The molecule has 0 spiro atoms. The molecule has 0 aliphatic heterocycles. The number of nitrogens with one attached hydrogen (secondary N) is 3. The van der Waals surface area contributed by atoms with Crippen LogP contribution >= 0.6 is 0 Å². The first-order valence-electron chi connectivity index (χ1n) is 8.01. The van der Waals surface area contributed by atoms with E-state index in [2.05, 4.69) is 40.8 Å². The Morgan fingerprint density at radius 2 is 1.96 bits per heavy atom. The molecule has 1 aliphatic carbocycles. The highest BCUT2D eigenvalue weighted by molar-refractivity contribution is 5.89. The standard InChI is InChI=1S/C18H22N4O/c1-12(2)15-5-3-4-6-16(15)22-17-10-9-14(11-19-17)21-18(23)20-13-7-8-13/h3-6,9-13H,7-8H2,1-2H3,(H,19,22)(H2,20,21,23). The number of hydrogen-bond acceptors (Lipinski definition) is 3. The molecule has 2 aromatic rings. The predicted molar refractivity (Wildman–Crippen MR) is 93.2 cm³/mol. The molecule has 2 amide bonds. The minimum atomic E-state index is -0.167. The largest absolute Gasteiger partial charge is 0.340 e. The molecule has 1 fully saturated rings. The molecular weight excluding hydrogens is 288 g/mol. The highest BCUT2D eigenvalue weighted by Gasteiger charge is 2.23. The summed E-state index contributed by atoms with van der Waals surface area (Å²) in [7, 11) is 0. The lowest BCUT2D eigenvalue weighted by atomic mass is 10.0. The van der Waals surface area contributed by atoms with Gasteiger partial charge in [0.05, 0.1) is 11.9 Å². The van der Waals surface area contributed by atoms with Crippen LogP contribution in [0.5, 0.6) is 0 Å². The smallest absolute Gasteiger partial charge is 0.319 e. The maximum atomic E-state index is 11.7. The Kier molecular flexibility index (Phi) is 4.46. The molecule has 3 rings (SSSR count). The molecule has 0 bridgehead atoms. The highest BCUT2D eigenvalue weighted by Crippen LogP contribution is 2.26. The highest BCUT2D eigenvalue weighted by atomic mass is 16.2. The lowest BCUT2D eigenvalue weighted by Crippen LogP contribution is -2.30. The fourth-order valence-corrected chi connectivity index (χ4v) is 2.37. The van der Waals surface area contributed by atoms with Crippen LogP contribution in [0.2, 0.25) is 0 Å². The summed E-state index contributed by atoms with van der Waals surface area (Å²) in [5.74, 6) is 1.19. The fourth-order valence-electron chi connectivity index (χ4n) is 2.37. The number of pyridine rings is 1. The molecule has 23 heavy (non-hydrogen) atoms. The van der Waals surface area contributed by atoms with E-state index in [1.807, 2.05) is 30.3 Å². The summed E-state index contributed by atoms with van der Waals surface area (Å²) < 4.78 is 0. The van der Waals surface area contributed by atoms with Gasteiger partial charge in [-0.1, -0.05) is 32.0 Å². The van der Waals surface area contributed by atoms with Crippen molar-refractivity contribution in [3.63, 3.8) is 0 Å². The monoisotopic (exact) mass is 310 g/mol. The van der Waals surface area contributed by atoms with Gasteiger partial charge in [0, 0.05) is 11.7 Å². The first-order chi connectivity index (χ1) is 11.1. The van der Waals surface area contributed by atoms with E-state index < -0.39 is 0 Å². The third-order valence-corrected chi connectivity index (χ3v) is 3.78. The average Bonchev–Trinajstić information content (AvgIpc) is 3.33. The van der Waals surface area contributed by atoms with E-state index in [1.54, 1.807) is 6.20 Å². The van der Waals surface area contributed by atoms with Crippen molar-refractivity contribution in [1.82, 2.24) is 10.3 Å². The lowest BCUT2D eigenvalue weighted by Gasteiger charge is -2.14. The zero-order valence-corrected chi connectivity index (χ0v) is 13.5. The van der Waals surface area contributed by atoms with Crippen LogP contribution in [0.4, 0.5) is 22.0 Å². The molecule has 0 saturated heterocycles. The van der Waals surface area contributed by atoms with Crippen LogP contribution in [-0.4, -0.2) is 17.1 Å². The summed E-state index contributed by atoms with van der Waals surface area (Å²) in [4.78, 5) is 16.1. The quantitative estimate of drug-likeness (QED) is 0.774. The van der Waals surface area contributed by atoms with Gasteiger partial charge in [0.2, 0.25) is 0 Å². The molecule has 5 nitrogen and oxygen atoms in total. The molecule has 1 aliphatic rings. The number of aromatic nitrogens is 1. The normalized spacial score (nSPS) is 13.7. The van der Waals surface area contributed by atoms with Gasteiger partial charge in [0.25, 0.3) is 0 Å². The van der Waals surface area contributed by atoms with Crippen LogP contribution in [-0.2, 0) is 0 Å². The molecule has 3 N–H and O–H groups in total. The van der Waals surface area contributed by atoms with Gasteiger partial charge < -0.3 is 16.0 Å². The Morgan fingerprint density at radius 1 is 1.17 bits per heavy atom. The number of benzene rings is 1. The number of para-hydroxylation sites is 1. The molecule has 0 unspecified atom stereocenters. The van der Waals surface area contributed by atoms with Crippen LogP contribution in [0.3, 0.4) is 0 Å². The predicted octanol–water partition coefficient (Wildman–Crippen LogP) is 4.23. The number of rotatable bonds is 5. The Balaban J connectivity index is 1.64.